The number of hydrogen-bond acceptors (Lipinski definition) is 4. The van der Waals surface area contributed by atoms with E-state index in [1.807, 2.05) is 12.1 Å². The summed E-state index contributed by atoms with van der Waals surface area (Å²) in [6.07, 6.45) is 0. The van der Waals surface area contributed by atoms with Gasteiger partial charge in [-0.3, -0.25) is 0 Å². The molecule has 0 atom stereocenters. The predicted octanol–water partition coefficient (Wildman–Crippen LogP) is 4.62. The standard InChI is InChI=1S/C17H16ClN3O/c1-11-3-4-12(2)15(9-11)19-10-16-20-21-17(22-16)13-5-7-14(18)8-6-13/h3-9,19H,10H2,1-2H3. The average molecular weight is 314 g/mol. The maximum atomic E-state index is 5.87. The zero-order chi connectivity index (χ0) is 15.5. The fourth-order valence-corrected chi connectivity index (χ4v) is 2.26. The van der Waals surface area contributed by atoms with E-state index in [0.29, 0.717) is 23.3 Å². The zero-order valence-corrected chi connectivity index (χ0v) is 13.2. The van der Waals surface area contributed by atoms with Crippen molar-refractivity contribution in [3.63, 3.8) is 0 Å². The van der Waals surface area contributed by atoms with Gasteiger partial charge in [0.2, 0.25) is 11.8 Å². The van der Waals surface area contributed by atoms with E-state index in [0.717, 1.165) is 11.3 Å². The molecular formula is C17H16ClN3O. The van der Waals surface area contributed by atoms with Crippen LogP contribution < -0.4 is 5.32 Å². The van der Waals surface area contributed by atoms with Crippen molar-refractivity contribution in [2.45, 2.75) is 20.4 Å². The number of benzene rings is 2. The first-order chi connectivity index (χ1) is 10.6. The molecule has 0 aliphatic heterocycles. The lowest BCUT2D eigenvalue weighted by Crippen LogP contribution is -2.01. The molecule has 0 saturated carbocycles. The minimum Gasteiger partial charge on any atom is -0.419 e. The lowest BCUT2D eigenvalue weighted by Gasteiger charge is -2.08. The average Bonchev–Trinajstić information content (AvgIpc) is 2.98. The summed E-state index contributed by atoms with van der Waals surface area (Å²) in [7, 11) is 0. The van der Waals surface area contributed by atoms with Gasteiger partial charge in [-0.05, 0) is 55.3 Å². The number of rotatable bonds is 4. The van der Waals surface area contributed by atoms with Gasteiger partial charge in [-0.15, -0.1) is 10.2 Å². The van der Waals surface area contributed by atoms with Crippen LogP contribution in [0.5, 0.6) is 0 Å². The molecule has 0 aliphatic carbocycles. The summed E-state index contributed by atoms with van der Waals surface area (Å²) in [5.74, 6) is 1.04. The maximum absolute atomic E-state index is 5.87. The number of halogens is 1. The molecule has 1 heterocycles. The highest BCUT2D eigenvalue weighted by Crippen LogP contribution is 2.21. The number of hydrogen-bond donors (Lipinski definition) is 1. The summed E-state index contributed by atoms with van der Waals surface area (Å²) in [6.45, 7) is 4.62. The number of aromatic nitrogens is 2. The van der Waals surface area contributed by atoms with Gasteiger partial charge >= 0.3 is 0 Å². The maximum Gasteiger partial charge on any atom is 0.247 e. The van der Waals surface area contributed by atoms with Crippen LogP contribution in [0.1, 0.15) is 17.0 Å². The molecule has 0 spiro atoms. The molecule has 1 N–H and O–H groups in total. The number of aryl methyl sites for hydroxylation is 2. The highest BCUT2D eigenvalue weighted by Gasteiger charge is 2.08. The Morgan fingerprint density at radius 2 is 1.82 bits per heavy atom. The third-order valence-electron chi connectivity index (χ3n) is 3.38. The molecule has 5 heteroatoms. The second-order valence-corrected chi connectivity index (χ2v) is 5.62. The molecule has 0 fully saturated rings. The Bertz CT molecular complexity index is 781. The van der Waals surface area contributed by atoms with Crippen molar-refractivity contribution in [2.24, 2.45) is 0 Å². The Morgan fingerprint density at radius 1 is 1.05 bits per heavy atom. The van der Waals surface area contributed by atoms with Crippen LogP contribution >= 0.6 is 11.6 Å². The van der Waals surface area contributed by atoms with E-state index < -0.39 is 0 Å². The van der Waals surface area contributed by atoms with Gasteiger partial charge in [0.15, 0.2) is 0 Å². The van der Waals surface area contributed by atoms with E-state index in [2.05, 4.69) is 47.6 Å². The zero-order valence-electron chi connectivity index (χ0n) is 12.4. The van der Waals surface area contributed by atoms with E-state index in [4.69, 9.17) is 16.0 Å². The normalized spacial score (nSPS) is 10.7. The highest BCUT2D eigenvalue weighted by atomic mass is 35.5. The van der Waals surface area contributed by atoms with Crippen molar-refractivity contribution in [2.75, 3.05) is 5.32 Å². The van der Waals surface area contributed by atoms with Crippen LogP contribution in [-0.4, -0.2) is 10.2 Å². The van der Waals surface area contributed by atoms with Gasteiger partial charge in [0, 0.05) is 16.3 Å². The van der Waals surface area contributed by atoms with Crippen molar-refractivity contribution in [1.29, 1.82) is 0 Å². The Kier molecular flexibility index (Phi) is 4.11. The third kappa shape index (κ3) is 3.28. The molecule has 0 aliphatic rings. The van der Waals surface area contributed by atoms with Crippen LogP contribution in [0.15, 0.2) is 46.9 Å². The van der Waals surface area contributed by atoms with Gasteiger partial charge in [0.05, 0.1) is 6.54 Å². The van der Waals surface area contributed by atoms with Crippen LogP contribution in [-0.2, 0) is 6.54 Å². The molecule has 22 heavy (non-hydrogen) atoms. The smallest absolute Gasteiger partial charge is 0.247 e. The van der Waals surface area contributed by atoms with Crippen LogP contribution in [0.3, 0.4) is 0 Å². The molecule has 0 bridgehead atoms. The Labute approximate surface area is 134 Å². The number of anilines is 1. The van der Waals surface area contributed by atoms with Crippen molar-refractivity contribution in [1.82, 2.24) is 10.2 Å². The molecule has 4 nitrogen and oxygen atoms in total. The molecule has 2 aromatic carbocycles. The Morgan fingerprint density at radius 3 is 2.59 bits per heavy atom. The first kappa shape index (κ1) is 14.6. The van der Waals surface area contributed by atoms with Crippen LogP contribution in [0, 0.1) is 13.8 Å². The molecule has 3 aromatic rings. The first-order valence-corrected chi connectivity index (χ1v) is 7.39. The predicted molar refractivity (Wildman–Crippen MR) is 88.0 cm³/mol. The summed E-state index contributed by atoms with van der Waals surface area (Å²) in [6, 6.07) is 13.6. The molecule has 1 aromatic heterocycles. The highest BCUT2D eigenvalue weighted by molar-refractivity contribution is 6.30. The SMILES string of the molecule is Cc1ccc(C)c(NCc2nnc(-c3ccc(Cl)cc3)o2)c1. The Balaban J connectivity index is 1.72. The quantitative estimate of drug-likeness (QED) is 0.763. The summed E-state index contributed by atoms with van der Waals surface area (Å²) in [4.78, 5) is 0. The topological polar surface area (TPSA) is 51.0 Å². The van der Waals surface area contributed by atoms with Crippen LogP contribution in [0.4, 0.5) is 5.69 Å². The monoisotopic (exact) mass is 313 g/mol. The van der Waals surface area contributed by atoms with Crippen LogP contribution in [0.2, 0.25) is 5.02 Å². The third-order valence-corrected chi connectivity index (χ3v) is 3.63. The van der Waals surface area contributed by atoms with Gasteiger partial charge in [0.25, 0.3) is 0 Å². The van der Waals surface area contributed by atoms with Gasteiger partial charge in [-0.1, -0.05) is 23.7 Å². The second kappa shape index (κ2) is 6.20. The largest absolute Gasteiger partial charge is 0.419 e. The minimum absolute atomic E-state index is 0.491. The lowest BCUT2D eigenvalue weighted by molar-refractivity contribution is 0.515. The fourth-order valence-electron chi connectivity index (χ4n) is 2.13. The molecule has 0 saturated heterocycles. The minimum atomic E-state index is 0.491. The van der Waals surface area contributed by atoms with E-state index in [9.17, 15) is 0 Å². The van der Waals surface area contributed by atoms with E-state index in [-0.39, 0.29) is 0 Å². The van der Waals surface area contributed by atoms with E-state index >= 15 is 0 Å². The van der Waals surface area contributed by atoms with Crippen LogP contribution in [0.25, 0.3) is 11.5 Å². The van der Waals surface area contributed by atoms with Gasteiger partial charge in [-0.25, -0.2) is 0 Å². The van der Waals surface area contributed by atoms with Gasteiger partial charge in [-0.2, -0.15) is 0 Å². The molecule has 0 amide bonds. The summed E-state index contributed by atoms with van der Waals surface area (Å²) in [5.41, 5.74) is 4.32. The number of nitrogens with one attached hydrogen (secondary N) is 1. The summed E-state index contributed by atoms with van der Waals surface area (Å²) >= 11 is 5.87. The van der Waals surface area contributed by atoms with Crippen molar-refractivity contribution >= 4 is 17.3 Å². The number of nitrogens with zero attached hydrogens (tertiary/aromatic N) is 2. The fraction of sp³-hybridized carbons (Fsp3) is 0.176. The summed E-state index contributed by atoms with van der Waals surface area (Å²) in [5, 5.41) is 12.1. The van der Waals surface area contributed by atoms with Gasteiger partial charge in [0.1, 0.15) is 0 Å². The van der Waals surface area contributed by atoms with Crippen molar-refractivity contribution in [3.05, 3.63) is 64.5 Å². The molecular weight excluding hydrogens is 298 g/mol. The molecule has 112 valence electrons. The van der Waals surface area contributed by atoms with E-state index in [1.165, 1.54) is 11.1 Å². The first-order valence-electron chi connectivity index (χ1n) is 7.01. The summed E-state index contributed by atoms with van der Waals surface area (Å²) < 4.78 is 5.67. The second-order valence-electron chi connectivity index (χ2n) is 5.18. The lowest BCUT2D eigenvalue weighted by atomic mass is 10.1. The van der Waals surface area contributed by atoms with Crippen molar-refractivity contribution in [3.8, 4) is 11.5 Å². The van der Waals surface area contributed by atoms with Gasteiger partial charge < -0.3 is 9.73 Å². The molecule has 0 unspecified atom stereocenters. The van der Waals surface area contributed by atoms with Crippen molar-refractivity contribution < 1.29 is 4.42 Å². The Hall–Kier alpha value is -2.33. The molecule has 3 rings (SSSR count). The van der Waals surface area contributed by atoms with E-state index in [1.54, 1.807) is 12.1 Å². The molecule has 0 radical (unpaired) electrons.